The van der Waals surface area contributed by atoms with Crippen molar-refractivity contribution >= 4 is 18.7 Å². The highest BCUT2D eigenvalue weighted by molar-refractivity contribution is 6.99. The van der Waals surface area contributed by atoms with Gasteiger partial charge >= 0.3 is 0 Å². The predicted octanol–water partition coefficient (Wildman–Crippen LogP) is 3.32. The van der Waals surface area contributed by atoms with Crippen LogP contribution in [-0.2, 0) is 13.9 Å². The van der Waals surface area contributed by atoms with Gasteiger partial charge in [0, 0.05) is 32.7 Å². The molecule has 0 unspecified atom stereocenters. The number of hydrogen-bond donors (Lipinski definition) is 1. The van der Waals surface area contributed by atoms with Crippen molar-refractivity contribution in [1.29, 1.82) is 0 Å². The Hall–Kier alpha value is -1.50. The summed E-state index contributed by atoms with van der Waals surface area (Å²) in [4.78, 5) is 0. The van der Waals surface area contributed by atoms with Gasteiger partial charge in [-0.15, -0.1) is 0 Å². The van der Waals surface area contributed by atoms with Crippen LogP contribution in [0.25, 0.3) is 0 Å². The fourth-order valence-corrected chi connectivity index (χ4v) is 9.13. The van der Waals surface area contributed by atoms with E-state index in [0.717, 1.165) is 6.42 Å². The van der Waals surface area contributed by atoms with Gasteiger partial charge < -0.3 is 19.0 Å². The Bertz CT molecular complexity index is 705. The third-order valence-electron chi connectivity index (χ3n) is 5.95. The van der Waals surface area contributed by atoms with Gasteiger partial charge in [0.15, 0.2) is 6.29 Å². The van der Waals surface area contributed by atoms with E-state index in [0.29, 0.717) is 13.0 Å². The van der Waals surface area contributed by atoms with E-state index in [1.165, 1.54) is 10.4 Å². The van der Waals surface area contributed by atoms with Crippen LogP contribution in [0.5, 0.6) is 0 Å². The molecule has 1 aliphatic heterocycles. The zero-order valence-electron chi connectivity index (χ0n) is 18.0. The molecular formula is C24H34O4Si. The second-order valence-electron chi connectivity index (χ2n) is 8.82. The number of benzene rings is 2. The van der Waals surface area contributed by atoms with Crippen LogP contribution in [0.15, 0.2) is 60.7 Å². The van der Waals surface area contributed by atoms with Gasteiger partial charge in [0.05, 0.1) is 6.10 Å². The van der Waals surface area contributed by atoms with Gasteiger partial charge in [-0.3, -0.25) is 0 Å². The zero-order valence-corrected chi connectivity index (χ0v) is 19.0. The summed E-state index contributed by atoms with van der Waals surface area (Å²) in [5.74, 6) is 0.203. The average molecular weight is 415 g/mol. The monoisotopic (exact) mass is 414 g/mol. The Morgan fingerprint density at radius 1 is 1.00 bits per heavy atom. The van der Waals surface area contributed by atoms with Crippen LogP contribution in [0.1, 0.15) is 33.6 Å². The Kier molecular flexibility index (Phi) is 7.30. The van der Waals surface area contributed by atoms with Gasteiger partial charge in [-0.05, 0) is 21.8 Å². The molecule has 1 heterocycles. The summed E-state index contributed by atoms with van der Waals surface area (Å²) in [6, 6.07) is 21.3. The summed E-state index contributed by atoms with van der Waals surface area (Å²) in [6.45, 7) is 7.56. The quantitative estimate of drug-likeness (QED) is 0.673. The molecule has 5 heteroatoms. The van der Waals surface area contributed by atoms with Crippen LogP contribution in [0.3, 0.4) is 0 Å². The van der Waals surface area contributed by atoms with Crippen LogP contribution < -0.4 is 10.4 Å². The Morgan fingerprint density at radius 2 is 1.55 bits per heavy atom. The van der Waals surface area contributed by atoms with Crippen molar-refractivity contribution in [3.63, 3.8) is 0 Å². The second-order valence-corrected chi connectivity index (χ2v) is 13.1. The summed E-state index contributed by atoms with van der Waals surface area (Å²) in [5.41, 5.74) is 0. The molecule has 0 bridgehead atoms. The molecule has 0 aromatic heterocycles. The third kappa shape index (κ3) is 4.65. The van der Waals surface area contributed by atoms with E-state index in [-0.39, 0.29) is 30.0 Å². The molecule has 0 saturated carbocycles. The first-order valence-electron chi connectivity index (χ1n) is 10.5. The normalized spacial score (nSPS) is 22.7. The average Bonchev–Trinajstić information content (AvgIpc) is 3.11. The molecule has 3 atom stereocenters. The smallest absolute Gasteiger partial charge is 0.261 e. The number of aliphatic hydroxyl groups excluding tert-OH is 1. The lowest BCUT2D eigenvalue weighted by atomic mass is 10.0. The maximum Gasteiger partial charge on any atom is 0.261 e. The van der Waals surface area contributed by atoms with Gasteiger partial charge in [0.1, 0.15) is 0 Å². The predicted molar refractivity (Wildman–Crippen MR) is 119 cm³/mol. The first-order valence-corrected chi connectivity index (χ1v) is 12.4. The minimum atomic E-state index is -2.56. The molecule has 1 saturated heterocycles. The summed E-state index contributed by atoms with van der Waals surface area (Å²) in [6.07, 6.45) is 1.14. The lowest BCUT2D eigenvalue weighted by Gasteiger charge is -2.43. The molecule has 1 N–H and O–H groups in total. The molecule has 4 nitrogen and oxygen atoms in total. The van der Waals surface area contributed by atoms with Gasteiger partial charge in [-0.2, -0.15) is 0 Å². The third-order valence-corrected chi connectivity index (χ3v) is 11.0. The summed E-state index contributed by atoms with van der Waals surface area (Å²) in [5, 5.41) is 12.0. The number of hydrogen-bond acceptors (Lipinski definition) is 4. The van der Waals surface area contributed by atoms with Crippen molar-refractivity contribution in [3.8, 4) is 0 Å². The van der Waals surface area contributed by atoms with Crippen molar-refractivity contribution in [3.05, 3.63) is 60.7 Å². The van der Waals surface area contributed by atoms with Crippen molar-refractivity contribution < 1.29 is 19.0 Å². The zero-order chi connectivity index (χ0) is 20.9. The minimum Gasteiger partial charge on any atom is -0.407 e. The lowest BCUT2D eigenvalue weighted by Crippen LogP contribution is -2.67. The van der Waals surface area contributed by atoms with Crippen LogP contribution in [0.2, 0.25) is 5.04 Å². The first kappa shape index (κ1) is 22.2. The van der Waals surface area contributed by atoms with Crippen LogP contribution in [0.4, 0.5) is 0 Å². The molecule has 3 rings (SSSR count). The van der Waals surface area contributed by atoms with Crippen molar-refractivity contribution in [2.45, 2.75) is 51.0 Å². The number of rotatable bonds is 8. The van der Waals surface area contributed by atoms with Gasteiger partial charge in [0.2, 0.25) is 0 Å². The molecule has 2 aromatic carbocycles. The molecule has 1 fully saturated rings. The maximum absolute atomic E-state index is 9.46. The van der Waals surface area contributed by atoms with E-state index in [2.05, 4.69) is 81.4 Å². The topological polar surface area (TPSA) is 47.9 Å². The standard InChI is InChI=1S/C24H34O4Si/c1-24(2,3)29(20-11-7-5-8-12-20,21-13-9-6-10-14-21)27-18-19-17-23(26-4)28-22(19)15-16-25/h5-14,19,22-23,25H,15-18H2,1-4H3/t19-,22-,23+/m1/s1. The number of methoxy groups -OCH3 is 1. The Morgan fingerprint density at radius 3 is 2.00 bits per heavy atom. The Balaban J connectivity index is 1.98. The van der Waals surface area contributed by atoms with Gasteiger partial charge in [-0.1, -0.05) is 81.4 Å². The minimum absolute atomic E-state index is 0.0387. The van der Waals surface area contributed by atoms with E-state index >= 15 is 0 Å². The fourth-order valence-electron chi connectivity index (χ4n) is 4.51. The number of ether oxygens (including phenoxy) is 2. The molecule has 0 aliphatic carbocycles. The summed E-state index contributed by atoms with van der Waals surface area (Å²) in [7, 11) is -0.888. The van der Waals surface area contributed by atoms with Crippen molar-refractivity contribution in [1.82, 2.24) is 0 Å². The SMILES string of the molecule is CO[C@@H]1C[C@H](CO[Si](c2ccccc2)(c2ccccc2)C(C)(C)C)[C@@H](CCO)O1. The van der Waals surface area contributed by atoms with E-state index < -0.39 is 8.32 Å². The lowest BCUT2D eigenvalue weighted by molar-refractivity contribution is -0.119. The van der Waals surface area contributed by atoms with E-state index in [1.807, 2.05) is 0 Å². The van der Waals surface area contributed by atoms with Crippen LogP contribution in [0, 0.1) is 5.92 Å². The molecule has 1 aliphatic rings. The van der Waals surface area contributed by atoms with E-state index in [4.69, 9.17) is 13.9 Å². The van der Waals surface area contributed by atoms with E-state index in [9.17, 15) is 5.11 Å². The first-order chi connectivity index (χ1) is 13.9. The van der Waals surface area contributed by atoms with Crippen LogP contribution >= 0.6 is 0 Å². The molecule has 158 valence electrons. The highest BCUT2D eigenvalue weighted by atomic mass is 28.4. The van der Waals surface area contributed by atoms with Crippen LogP contribution in [-0.4, -0.2) is 46.1 Å². The molecule has 0 spiro atoms. The van der Waals surface area contributed by atoms with E-state index in [1.54, 1.807) is 7.11 Å². The summed E-state index contributed by atoms with van der Waals surface area (Å²) < 4.78 is 18.5. The molecular weight excluding hydrogens is 380 g/mol. The number of aliphatic hydroxyl groups is 1. The molecule has 0 amide bonds. The molecule has 2 aromatic rings. The highest BCUT2D eigenvalue weighted by Gasteiger charge is 2.51. The fraction of sp³-hybridized carbons (Fsp3) is 0.500. The molecule has 29 heavy (non-hydrogen) atoms. The van der Waals surface area contributed by atoms with Crippen molar-refractivity contribution in [2.75, 3.05) is 20.3 Å². The second kappa shape index (κ2) is 9.54. The largest absolute Gasteiger partial charge is 0.407 e. The maximum atomic E-state index is 9.46. The highest BCUT2D eigenvalue weighted by Crippen LogP contribution is 2.38. The molecule has 0 radical (unpaired) electrons. The summed E-state index contributed by atoms with van der Waals surface area (Å²) >= 11 is 0. The van der Waals surface area contributed by atoms with Gasteiger partial charge in [0.25, 0.3) is 8.32 Å². The van der Waals surface area contributed by atoms with Crippen molar-refractivity contribution in [2.24, 2.45) is 5.92 Å². The Labute approximate surface area is 176 Å². The van der Waals surface area contributed by atoms with Gasteiger partial charge in [-0.25, -0.2) is 0 Å².